The maximum absolute atomic E-state index is 14.8. The van der Waals surface area contributed by atoms with Crippen LogP contribution in [0.15, 0.2) is 79.0 Å². The number of ether oxygens (including phenoxy) is 1. The van der Waals surface area contributed by atoms with Crippen LogP contribution >= 0.6 is 0 Å². The van der Waals surface area contributed by atoms with Gasteiger partial charge in [-0.3, -0.25) is 34.2 Å². The molecule has 5 rings (SSSR count). The van der Waals surface area contributed by atoms with Gasteiger partial charge in [0.25, 0.3) is 0 Å². The number of primary amides is 1. The molecule has 1 unspecified atom stereocenters. The lowest BCUT2D eigenvalue weighted by molar-refractivity contribution is -0.137. The molecule has 63 heavy (non-hydrogen) atoms. The minimum absolute atomic E-state index is 0.0286. The van der Waals surface area contributed by atoms with Gasteiger partial charge in [-0.1, -0.05) is 74.0 Å². The van der Waals surface area contributed by atoms with E-state index in [-0.39, 0.29) is 63.4 Å². The molecule has 1 heterocycles. The number of benzene rings is 3. The molecule has 0 bridgehead atoms. The van der Waals surface area contributed by atoms with E-state index in [4.69, 9.17) is 21.6 Å². The number of guanidine groups is 1. The molecule has 0 radical (unpaired) electrons. The molecule has 12 N–H and O–H groups in total. The van der Waals surface area contributed by atoms with Crippen LogP contribution in [0.25, 0.3) is 10.9 Å². The highest BCUT2D eigenvalue weighted by Crippen LogP contribution is 2.35. The molecular formula is C46H60N10O7. The van der Waals surface area contributed by atoms with E-state index in [2.05, 4.69) is 36.9 Å². The fourth-order valence-electron chi connectivity index (χ4n) is 7.85. The lowest BCUT2D eigenvalue weighted by Crippen LogP contribution is -2.65. The number of rotatable bonds is 23. The molecule has 0 saturated heterocycles. The summed E-state index contributed by atoms with van der Waals surface area (Å²) in [4.78, 5) is 85.4. The van der Waals surface area contributed by atoms with Crippen molar-refractivity contribution in [3.63, 3.8) is 0 Å². The number of hydrogen-bond acceptors (Lipinski definition) is 8. The summed E-state index contributed by atoms with van der Waals surface area (Å²) in [6.07, 6.45) is 4.61. The summed E-state index contributed by atoms with van der Waals surface area (Å²) in [5.41, 5.74) is 13.5. The number of nitrogens with two attached hydrogens (primary N) is 2. The normalized spacial score (nSPS) is 15.7. The van der Waals surface area contributed by atoms with Crippen molar-refractivity contribution >= 4 is 52.3 Å². The molecule has 1 aliphatic rings. The first-order valence-electron chi connectivity index (χ1n) is 21.5. The van der Waals surface area contributed by atoms with Crippen LogP contribution in [0.4, 0.5) is 0 Å². The molecular weight excluding hydrogens is 805 g/mol. The Labute approximate surface area is 367 Å². The standard InChI is InChI=1S/C46H60N10O7/c1-3-5-20-40(58)56-46(22-21-33-30(26-46)15-11-19-38(33)63-4-2)44(62)55-36(24-29-13-7-6-8-14-29)43(61)53-35(18-12-23-50-45(48)49)42(60)54-37(41(59)52-28-39(47)57)25-31-27-51-34-17-10-9-16-32(31)34/h6-11,13-17,19,27,35-37,51H,3-5,12,18,20-26,28H2,1-2H3,(H2,47,57)(H,52,59)(H,53,61)(H,54,60)(H,55,62)(H,56,58)(H4,48,49,50)/t35-,36+,37-,46?/m0/s1. The summed E-state index contributed by atoms with van der Waals surface area (Å²) in [5, 5.41) is 25.2. The number of hydrogen-bond donors (Lipinski definition) is 10. The van der Waals surface area contributed by atoms with Gasteiger partial charge in [0.15, 0.2) is 5.96 Å². The van der Waals surface area contributed by atoms with Gasteiger partial charge < -0.3 is 53.1 Å². The van der Waals surface area contributed by atoms with Crippen LogP contribution in [-0.4, -0.2) is 89.7 Å². The number of unbranched alkanes of at least 4 members (excludes halogenated alkanes) is 1. The molecule has 17 heteroatoms. The number of aromatic nitrogens is 1. The number of H-pyrrole nitrogens is 1. The predicted molar refractivity (Wildman–Crippen MR) is 239 cm³/mol. The zero-order chi connectivity index (χ0) is 45.4. The van der Waals surface area contributed by atoms with Crippen molar-refractivity contribution in [3.8, 4) is 5.75 Å². The second-order valence-electron chi connectivity index (χ2n) is 15.8. The van der Waals surface area contributed by atoms with Crippen molar-refractivity contribution in [3.05, 3.63) is 101 Å². The largest absolute Gasteiger partial charge is 0.494 e. The van der Waals surface area contributed by atoms with Crippen molar-refractivity contribution in [2.24, 2.45) is 11.5 Å². The summed E-state index contributed by atoms with van der Waals surface area (Å²) in [5.74, 6) is -3.20. The molecule has 17 nitrogen and oxygen atoms in total. The third-order valence-electron chi connectivity index (χ3n) is 11.1. The van der Waals surface area contributed by atoms with Crippen molar-refractivity contribution in [1.82, 2.24) is 36.9 Å². The van der Waals surface area contributed by atoms with Gasteiger partial charge in [0.05, 0.1) is 13.2 Å². The van der Waals surface area contributed by atoms with Gasteiger partial charge in [0, 0.05) is 49.3 Å². The average molecular weight is 865 g/mol. The quantitative estimate of drug-likeness (QED) is 0.0296. The minimum atomic E-state index is -1.40. The smallest absolute Gasteiger partial charge is 0.246 e. The van der Waals surface area contributed by atoms with Crippen LogP contribution in [0.2, 0.25) is 0 Å². The Morgan fingerprint density at radius 2 is 1.52 bits per heavy atom. The van der Waals surface area contributed by atoms with E-state index in [1.807, 2.05) is 86.6 Å². The SMILES string of the molecule is CCCCC(=O)NC1(C(=O)N[C@H](Cc2ccccc2)C(=O)N[C@@H](CCCNC(=N)N)C(=O)N[C@@H](Cc2c[nH]c3ccccc23)C(=O)NCC(N)=O)CCc2c(cccc2OCC)C1. The Morgan fingerprint density at radius 3 is 2.25 bits per heavy atom. The Hall–Kier alpha value is -6.91. The molecule has 0 aliphatic heterocycles. The molecule has 6 amide bonds. The Morgan fingerprint density at radius 1 is 0.810 bits per heavy atom. The van der Waals surface area contributed by atoms with Gasteiger partial charge >= 0.3 is 0 Å². The van der Waals surface area contributed by atoms with Gasteiger partial charge in [-0.2, -0.15) is 0 Å². The zero-order valence-electron chi connectivity index (χ0n) is 35.9. The number of fused-ring (bicyclic) bond motifs is 2. The van der Waals surface area contributed by atoms with Crippen LogP contribution in [0, 0.1) is 5.41 Å². The molecule has 1 aromatic heterocycles. The highest BCUT2D eigenvalue weighted by Gasteiger charge is 2.45. The van der Waals surface area contributed by atoms with E-state index in [9.17, 15) is 28.8 Å². The highest BCUT2D eigenvalue weighted by molar-refractivity contribution is 5.98. The lowest BCUT2D eigenvalue weighted by atomic mass is 9.76. The van der Waals surface area contributed by atoms with Crippen LogP contribution in [-0.2, 0) is 54.5 Å². The fourth-order valence-corrected chi connectivity index (χ4v) is 7.85. The molecule has 4 atom stereocenters. The third kappa shape index (κ3) is 13.3. The van der Waals surface area contributed by atoms with Crippen LogP contribution in [0.5, 0.6) is 5.75 Å². The molecule has 3 aromatic carbocycles. The minimum Gasteiger partial charge on any atom is -0.494 e. The van der Waals surface area contributed by atoms with E-state index < -0.39 is 59.7 Å². The second kappa shape index (κ2) is 22.8. The first kappa shape index (κ1) is 47.1. The van der Waals surface area contributed by atoms with Gasteiger partial charge in [0.1, 0.15) is 29.4 Å². The number of aromatic amines is 1. The molecule has 336 valence electrons. The summed E-state index contributed by atoms with van der Waals surface area (Å²) in [6, 6.07) is 18.5. The summed E-state index contributed by atoms with van der Waals surface area (Å²) in [7, 11) is 0. The number of nitrogens with one attached hydrogen (secondary N) is 8. The number of carbonyl (C=O) groups excluding carboxylic acids is 6. The molecule has 0 spiro atoms. The van der Waals surface area contributed by atoms with E-state index in [0.717, 1.165) is 45.3 Å². The Kier molecular flexibility index (Phi) is 17.1. The molecule has 0 fully saturated rings. The molecule has 4 aromatic rings. The maximum atomic E-state index is 14.8. The highest BCUT2D eigenvalue weighted by atomic mass is 16.5. The van der Waals surface area contributed by atoms with Crippen LogP contribution in [0.3, 0.4) is 0 Å². The topological polar surface area (TPSA) is 276 Å². The third-order valence-corrected chi connectivity index (χ3v) is 11.1. The summed E-state index contributed by atoms with van der Waals surface area (Å²) in [6.45, 7) is 4.08. The fraction of sp³-hybridized carbons (Fsp3) is 0.413. The molecule has 0 saturated carbocycles. The van der Waals surface area contributed by atoms with E-state index in [0.29, 0.717) is 19.4 Å². The second-order valence-corrected chi connectivity index (χ2v) is 15.8. The summed E-state index contributed by atoms with van der Waals surface area (Å²) < 4.78 is 5.90. The van der Waals surface area contributed by atoms with Crippen molar-refractivity contribution in [1.29, 1.82) is 5.41 Å². The Bertz CT molecular complexity index is 2250. The average Bonchev–Trinajstić information content (AvgIpc) is 3.68. The first-order valence-corrected chi connectivity index (χ1v) is 21.5. The van der Waals surface area contributed by atoms with Crippen LogP contribution < -0.4 is 48.1 Å². The van der Waals surface area contributed by atoms with Gasteiger partial charge in [-0.25, -0.2) is 0 Å². The van der Waals surface area contributed by atoms with Crippen molar-refractivity contribution in [2.75, 3.05) is 19.7 Å². The van der Waals surface area contributed by atoms with Gasteiger partial charge in [0.2, 0.25) is 35.4 Å². The summed E-state index contributed by atoms with van der Waals surface area (Å²) >= 11 is 0. The zero-order valence-corrected chi connectivity index (χ0v) is 35.9. The number of amides is 6. The number of carbonyl (C=O) groups is 6. The predicted octanol–water partition coefficient (Wildman–Crippen LogP) is 1.91. The van der Waals surface area contributed by atoms with E-state index in [1.54, 1.807) is 6.20 Å². The maximum Gasteiger partial charge on any atom is 0.246 e. The van der Waals surface area contributed by atoms with Crippen molar-refractivity contribution in [2.45, 2.75) is 102 Å². The van der Waals surface area contributed by atoms with Crippen molar-refractivity contribution < 1.29 is 33.5 Å². The Balaban J connectivity index is 1.44. The van der Waals surface area contributed by atoms with Crippen LogP contribution in [0.1, 0.15) is 74.6 Å². The van der Waals surface area contributed by atoms with Gasteiger partial charge in [-0.15, -0.1) is 0 Å². The number of para-hydroxylation sites is 1. The van der Waals surface area contributed by atoms with Gasteiger partial charge in [-0.05, 0) is 73.4 Å². The first-order chi connectivity index (χ1) is 30.3. The monoisotopic (exact) mass is 864 g/mol. The van der Waals surface area contributed by atoms with E-state index >= 15 is 0 Å². The van der Waals surface area contributed by atoms with E-state index in [1.165, 1.54) is 0 Å². The lowest BCUT2D eigenvalue weighted by Gasteiger charge is -2.39. The molecule has 1 aliphatic carbocycles.